The zero-order chi connectivity index (χ0) is 10.8. The summed E-state index contributed by atoms with van der Waals surface area (Å²) in [7, 11) is 0. The van der Waals surface area contributed by atoms with Crippen molar-refractivity contribution >= 4 is 0 Å². The molecule has 0 saturated carbocycles. The van der Waals surface area contributed by atoms with Gasteiger partial charge in [0.05, 0.1) is 0 Å². The molecule has 16 heavy (non-hydrogen) atoms. The van der Waals surface area contributed by atoms with Gasteiger partial charge in [0, 0.05) is 50.8 Å². The Hall–Kier alpha value is -0.866. The van der Waals surface area contributed by atoms with Crippen LogP contribution in [0.2, 0.25) is 0 Å². The Morgan fingerprint density at radius 1 is 1.31 bits per heavy atom. The maximum atomic E-state index is 11.6. The molecule has 0 atom stereocenters. The van der Waals surface area contributed by atoms with Crippen LogP contribution >= 0.6 is 0 Å². The summed E-state index contributed by atoms with van der Waals surface area (Å²) in [6.45, 7) is 3.72. The molecule has 0 bridgehead atoms. The van der Waals surface area contributed by atoms with Crippen molar-refractivity contribution in [3.8, 4) is 5.82 Å². The molecule has 0 N–H and O–H groups in total. The van der Waals surface area contributed by atoms with Crippen LogP contribution in [0.5, 0.6) is 0 Å². The van der Waals surface area contributed by atoms with E-state index in [1.54, 1.807) is 18.5 Å². The summed E-state index contributed by atoms with van der Waals surface area (Å²) in [5.41, 5.74) is 1.59. The van der Waals surface area contributed by atoms with E-state index in [4.69, 9.17) is 0 Å². The molecule has 0 spiro atoms. The van der Waals surface area contributed by atoms with Crippen molar-refractivity contribution in [1.82, 2.24) is 14.8 Å². The van der Waals surface area contributed by atoms with Crippen LogP contribution in [0.1, 0.15) is 11.1 Å². The number of nitrogens with zero attached hydrogens (tertiary/aromatic N) is 3. The third-order valence-electron chi connectivity index (χ3n) is 1.97. The standard InChI is InChI=1S/C11H10N3O.Y/c1-8-3-4-10(12-6-8)14-11(15)5-9(2)7-13-14;/h4-7H,1-2H3;/q-1;. The van der Waals surface area contributed by atoms with Gasteiger partial charge in [-0.25, -0.2) is 4.68 Å². The van der Waals surface area contributed by atoms with E-state index in [0.29, 0.717) is 5.82 Å². The van der Waals surface area contributed by atoms with E-state index in [1.165, 1.54) is 10.7 Å². The van der Waals surface area contributed by atoms with Crippen LogP contribution in [-0.2, 0) is 32.7 Å². The van der Waals surface area contributed by atoms with Gasteiger partial charge in [0.2, 0.25) is 0 Å². The topological polar surface area (TPSA) is 47.8 Å². The van der Waals surface area contributed by atoms with Gasteiger partial charge in [-0.15, -0.1) is 11.6 Å². The molecule has 0 fully saturated rings. The Labute approximate surface area is 119 Å². The van der Waals surface area contributed by atoms with E-state index in [2.05, 4.69) is 16.1 Å². The van der Waals surface area contributed by atoms with Gasteiger partial charge in [-0.05, 0) is 12.5 Å². The molecule has 0 saturated heterocycles. The minimum atomic E-state index is -0.181. The molecule has 2 aromatic rings. The normalized spacial score (nSPS) is 9.62. The molecule has 0 aliphatic heterocycles. The second-order valence-electron chi connectivity index (χ2n) is 3.37. The molecule has 2 aromatic heterocycles. The van der Waals surface area contributed by atoms with E-state index < -0.39 is 0 Å². The summed E-state index contributed by atoms with van der Waals surface area (Å²) < 4.78 is 1.25. The van der Waals surface area contributed by atoms with Crippen LogP contribution in [0.25, 0.3) is 5.82 Å². The molecular weight excluding hydrogens is 279 g/mol. The van der Waals surface area contributed by atoms with Crippen molar-refractivity contribution in [2.24, 2.45) is 0 Å². The molecule has 0 aromatic carbocycles. The van der Waals surface area contributed by atoms with Crippen molar-refractivity contribution in [2.75, 3.05) is 0 Å². The summed E-state index contributed by atoms with van der Waals surface area (Å²) in [5, 5.41) is 4.00. The number of hydrogen-bond donors (Lipinski definition) is 0. The number of pyridine rings is 1. The van der Waals surface area contributed by atoms with Crippen molar-refractivity contribution in [2.45, 2.75) is 13.8 Å². The Bertz CT molecular complexity index is 534. The first-order valence-electron chi connectivity index (χ1n) is 4.57. The molecule has 1 radical (unpaired) electrons. The fraction of sp³-hybridized carbons (Fsp3) is 0.182. The zero-order valence-corrected chi connectivity index (χ0v) is 12.0. The van der Waals surface area contributed by atoms with Crippen LogP contribution in [0.4, 0.5) is 0 Å². The van der Waals surface area contributed by atoms with Crippen LogP contribution < -0.4 is 5.56 Å². The number of aromatic nitrogens is 3. The fourth-order valence-electron chi connectivity index (χ4n) is 1.20. The Balaban J connectivity index is 0.00000128. The largest absolute Gasteiger partial charge is 0.366 e. The van der Waals surface area contributed by atoms with Crippen molar-refractivity contribution in [1.29, 1.82) is 0 Å². The smallest absolute Gasteiger partial charge is 0.261 e. The summed E-state index contributed by atoms with van der Waals surface area (Å²) in [6.07, 6.45) is 3.28. The molecule has 5 heteroatoms. The van der Waals surface area contributed by atoms with E-state index in [1.807, 2.05) is 13.8 Å². The van der Waals surface area contributed by atoms with Crippen LogP contribution in [0.3, 0.4) is 0 Å². The Morgan fingerprint density at radius 3 is 2.62 bits per heavy atom. The zero-order valence-electron chi connectivity index (χ0n) is 9.14. The first-order chi connectivity index (χ1) is 7.16. The van der Waals surface area contributed by atoms with E-state index in [-0.39, 0.29) is 38.3 Å². The van der Waals surface area contributed by atoms with Crippen molar-refractivity contribution in [3.63, 3.8) is 0 Å². The van der Waals surface area contributed by atoms with Crippen LogP contribution in [0.15, 0.2) is 29.3 Å². The SMILES string of the molecule is Cc1[c-]cc(-n2ncc(C)cc2=O)nc1.[Y]. The van der Waals surface area contributed by atoms with Gasteiger partial charge in [0.15, 0.2) is 0 Å². The molecule has 0 amide bonds. The molecule has 2 heterocycles. The predicted molar refractivity (Wildman–Crippen MR) is 55.9 cm³/mol. The predicted octanol–water partition coefficient (Wildman–Crippen LogP) is 1.04. The average molecular weight is 289 g/mol. The molecular formula is C11H10N3OY-. The summed E-state index contributed by atoms with van der Waals surface area (Å²) in [6, 6.07) is 6.15. The molecule has 79 valence electrons. The maximum Gasteiger partial charge on any atom is 0.261 e. The van der Waals surface area contributed by atoms with Gasteiger partial charge < -0.3 is 4.98 Å². The van der Waals surface area contributed by atoms with Gasteiger partial charge in [0.25, 0.3) is 5.56 Å². The van der Waals surface area contributed by atoms with Gasteiger partial charge in [-0.3, -0.25) is 4.79 Å². The summed E-state index contributed by atoms with van der Waals surface area (Å²) in [4.78, 5) is 15.7. The minimum Gasteiger partial charge on any atom is -0.366 e. The molecule has 2 rings (SSSR count). The van der Waals surface area contributed by atoms with E-state index in [9.17, 15) is 4.79 Å². The van der Waals surface area contributed by atoms with Gasteiger partial charge in [0.1, 0.15) is 0 Å². The van der Waals surface area contributed by atoms with E-state index >= 15 is 0 Å². The Kier molecular flexibility index (Phi) is 4.50. The second kappa shape index (κ2) is 5.46. The number of aryl methyl sites for hydroxylation is 2. The van der Waals surface area contributed by atoms with Gasteiger partial charge >= 0.3 is 0 Å². The quantitative estimate of drug-likeness (QED) is 0.737. The first kappa shape index (κ1) is 13.2. The summed E-state index contributed by atoms with van der Waals surface area (Å²) >= 11 is 0. The molecule has 0 unspecified atom stereocenters. The fourth-order valence-corrected chi connectivity index (χ4v) is 1.20. The Morgan fingerprint density at radius 2 is 2.06 bits per heavy atom. The third-order valence-corrected chi connectivity index (χ3v) is 1.97. The monoisotopic (exact) mass is 289 g/mol. The number of rotatable bonds is 1. The minimum absolute atomic E-state index is 0. The maximum absolute atomic E-state index is 11.6. The second-order valence-corrected chi connectivity index (χ2v) is 3.37. The van der Waals surface area contributed by atoms with Crippen molar-refractivity contribution in [3.05, 3.63) is 52.1 Å². The van der Waals surface area contributed by atoms with Crippen molar-refractivity contribution < 1.29 is 32.7 Å². The summed E-state index contributed by atoms with van der Waals surface area (Å²) in [5.74, 6) is 0.491. The van der Waals surface area contributed by atoms with Gasteiger partial charge in [-0.1, -0.05) is 13.1 Å². The molecule has 4 nitrogen and oxygen atoms in total. The number of hydrogen-bond acceptors (Lipinski definition) is 3. The first-order valence-corrected chi connectivity index (χ1v) is 4.57. The average Bonchev–Trinajstić information content (AvgIpc) is 2.20. The van der Waals surface area contributed by atoms with Crippen LogP contribution in [-0.4, -0.2) is 14.8 Å². The molecule has 0 aliphatic carbocycles. The van der Waals surface area contributed by atoms with Crippen LogP contribution in [0, 0.1) is 19.9 Å². The third kappa shape index (κ3) is 2.83. The molecule has 0 aliphatic rings. The van der Waals surface area contributed by atoms with E-state index in [0.717, 1.165) is 11.1 Å². The van der Waals surface area contributed by atoms with Gasteiger partial charge in [-0.2, -0.15) is 11.2 Å².